The van der Waals surface area contributed by atoms with Gasteiger partial charge in [0.1, 0.15) is 11.6 Å². The molecule has 1 amide bonds. The molecule has 0 aliphatic carbocycles. The third-order valence-electron chi connectivity index (χ3n) is 4.45. The third kappa shape index (κ3) is 3.18. The van der Waals surface area contributed by atoms with E-state index in [1.54, 1.807) is 24.1 Å². The minimum absolute atomic E-state index is 0.269. The largest absolute Gasteiger partial charge is 0.497 e. The quantitative estimate of drug-likeness (QED) is 0.714. The van der Waals surface area contributed by atoms with Gasteiger partial charge >= 0.3 is 6.09 Å². The number of carbonyl (C=O) groups is 1. The van der Waals surface area contributed by atoms with Gasteiger partial charge in [0.05, 0.1) is 19.2 Å². The molecule has 2 heterocycles. The Morgan fingerprint density at radius 1 is 1.19 bits per heavy atom. The van der Waals surface area contributed by atoms with Gasteiger partial charge in [-0.05, 0) is 42.3 Å². The summed E-state index contributed by atoms with van der Waals surface area (Å²) in [7, 11) is 1.60. The normalized spacial score (nSPS) is 13.5. The number of hydrogen-bond donors (Lipinski definition) is 0. The average molecular weight is 352 g/mol. The molecule has 0 fully saturated rings. The molecule has 1 aliphatic heterocycles. The van der Waals surface area contributed by atoms with Gasteiger partial charge in [-0.1, -0.05) is 12.1 Å². The van der Waals surface area contributed by atoms with Gasteiger partial charge < -0.3 is 14.4 Å². The van der Waals surface area contributed by atoms with Crippen LogP contribution in [0.4, 0.5) is 9.18 Å². The van der Waals surface area contributed by atoms with E-state index in [9.17, 15) is 9.18 Å². The lowest BCUT2D eigenvalue weighted by molar-refractivity contribution is 0.137. The molecule has 0 saturated heterocycles. The molecule has 26 heavy (non-hydrogen) atoms. The van der Waals surface area contributed by atoms with Crippen molar-refractivity contribution >= 4 is 17.0 Å². The number of fused-ring (bicyclic) bond motifs is 2. The topological polar surface area (TPSA) is 51.7 Å². The number of pyridine rings is 1. The van der Waals surface area contributed by atoms with Gasteiger partial charge in [0.2, 0.25) is 5.88 Å². The van der Waals surface area contributed by atoms with E-state index >= 15 is 0 Å². The molecule has 1 aromatic heterocycles. The number of aromatic nitrogens is 1. The van der Waals surface area contributed by atoms with Crippen molar-refractivity contribution in [1.29, 1.82) is 0 Å². The molecule has 0 bridgehead atoms. The maximum absolute atomic E-state index is 13.0. The molecular formula is C20H17FN2O3. The number of rotatable bonds is 4. The SMILES string of the molecule is COc1ccc2cc3c(nc2c1)OC(=O)N(CCc1ccc(F)cc1)C3. The summed E-state index contributed by atoms with van der Waals surface area (Å²) < 4.78 is 23.6. The van der Waals surface area contributed by atoms with Gasteiger partial charge in [-0.15, -0.1) is 0 Å². The van der Waals surface area contributed by atoms with Crippen molar-refractivity contribution in [2.45, 2.75) is 13.0 Å². The van der Waals surface area contributed by atoms with Crippen LogP contribution in [-0.2, 0) is 13.0 Å². The monoisotopic (exact) mass is 352 g/mol. The van der Waals surface area contributed by atoms with Gasteiger partial charge in [-0.3, -0.25) is 0 Å². The summed E-state index contributed by atoms with van der Waals surface area (Å²) in [4.78, 5) is 18.3. The van der Waals surface area contributed by atoms with Crippen molar-refractivity contribution in [3.63, 3.8) is 0 Å². The Hall–Kier alpha value is -3.15. The highest BCUT2D eigenvalue weighted by molar-refractivity contribution is 5.83. The Balaban J connectivity index is 1.54. The van der Waals surface area contributed by atoms with E-state index in [1.807, 2.05) is 24.3 Å². The Morgan fingerprint density at radius 3 is 2.77 bits per heavy atom. The predicted molar refractivity (Wildman–Crippen MR) is 94.8 cm³/mol. The van der Waals surface area contributed by atoms with Crippen molar-refractivity contribution in [3.05, 3.63) is 65.5 Å². The first-order chi connectivity index (χ1) is 12.6. The summed E-state index contributed by atoms with van der Waals surface area (Å²) in [5.74, 6) is 0.774. The maximum Gasteiger partial charge on any atom is 0.416 e. The second kappa shape index (κ2) is 6.63. The van der Waals surface area contributed by atoms with E-state index in [4.69, 9.17) is 9.47 Å². The Kier molecular flexibility index (Phi) is 4.16. The lowest BCUT2D eigenvalue weighted by atomic mass is 10.1. The van der Waals surface area contributed by atoms with Gasteiger partial charge in [-0.25, -0.2) is 14.2 Å². The van der Waals surface area contributed by atoms with Crippen LogP contribution in [0.15, 0.2) is 48.5 Å². The number of methoxy groups -OCH3 is 1. The number of benzene rings is 2. The molecule has 4 rings (SSSR count). The summed E-state index contributed by atoms with van der Waals surface area (Å²) in [6.07, 6.45) is 0.206. The molecule has 132 valence electrons. The first kappa shape index (κ1) is 16.3. The molecule has 6 heteroatoms. The molecule has 0 unspecified atom stereocenters. The van der Waals surface area contributed by atoms with Crippen LogP contribution in [0.5, 0.6) is 11.6 Å². The van der Waals surface area contributed by atoms with E-state index < -0.39 is 6.09 Å². The molecule has 0 saturated carbocycles. The van der Waals surface area contributed by atoms with Crippen molar-refractivity contribution in [3.8, 4) is 11.6 Å². The van der Waals surface area contributed by atoms with Crippen LogP contribution in [0.25, 0.3) is 10.9 Å². The number of nitrogens with zero attached hydrogens (tertiary/aromatic N) is 2. The molecule has 0 radical (unpaired) electrons. The maximum atomic E-state index is 13.0. The van der Waals surface area contributed by atoms with Crippen LogP contribution < -0.4 is 9.47 Å². The van der Waals surface area contributed by atoms with Gasteiger partial charge in [0.25, 0.3) is 0 Å². The fourth-order valence-electron chi connectivity index (χ4n) is 3.00. The molecule has 2 aromatic carbocycles. The van der Waals surface area contributed by atoms with E-state index in [0.717, 1.165) is 22.0 Å². The molecule has 0 atom stereocenters. The van der Waals surface area contributed by atoms with E-state index in [1.165, 1.54) is 12.1 Å². The number of amides is 1. The van der Waals surface area contributed by atoms with Gasteiger partial charge in [-0.2, -0.15) is 0 Å². The second-order valence-corrected chi connectivity index (χ2v) is 6.18. The fourth-order valence-corrected chi connectivity index (χ4v) is 3.00. The van der Waals surface area contributed by atoms with Crippen LogP contribution in [0.3, 0.4) is 0 Å². The lowest BCUT2D eigenvalue weighted by Gasteiger charge is -2.27. The Labute approximate surface area is 150 Å². The zero-order valence-corrected chi connectivity index (χ0v) is 14.2. The summed E-state index contributed by atoms with van der Waals surface area (Å²) in [6.45, 7) is 0.925. The summed E-state index contributed by atoms with van der Waals surface area (Å²) in [5.41, 5.74) is 2.55. The molecule has 0 spiro atoms. The molecule has 3 aromatic rings. The molecule has 1 aliphatic rings. The highest BCUT2D eigenvalue weighted by atomic mass is 19.1. The fraction of sp³-hybridized carbons (Fsp3) is 0.200. The van der Waals surface area contributed by atoms with Crippen molar-refractivity contribution in [2.24, 2.45) is 0 Å². The van der Waals surface area contributed by atoms with Crippen LogP contribution in [-0.4, -0.2) is 29.6 Å². The summed E-state index contributed by atoms with van der Waals surface area (Å²) in [6, 6.07) is 13.9. The number of ether oxygens (including phenoxy) is 2. The zero-order chi connectivity index (χ0) is 18.1. The summed E-state index contributed by atoms with van der Waals surface area (Å²) >= 11 is 0. The van der Waals surface area contributed by atoms with Crippen LogP contribution in [0.1, 0.15) is 11.1 Å². The van der Waals surface area contributed by atoms with Gasteiger partial charge in [0.15, 0.2) is 0 Å². The Bertz CT molecular complexity index is 973. The predicted octanol–water partition coefficient (Wildman–Crippen LogP) is 3.94. The molecule has 5 nitrogen and oxygen atoms in total. The average Bonchev–Trinajstić information content (AvgIpc) is 2.65. The zero-order valence-electron chi connectivity index (χ0n) is 14.2. The molecule has 0 N–H and O–H groups in total. The number of hydrogen-bond acceptors (Lipinski definition) is 4. The van der Waals surface area contributed by atoms with E-state index in [2.05, 4.69) is 4.98 Å². The minimum atomic E-state index is -0.422. The number of halogens is 1. The highest BCUT2D eigenvalue weighted by Gasteiger charge is 2.26. The van der Waals surface area contributed by atoms with Crippen LogP contribution >= 0.6 is 0 Å². The first-order valence-electron chi connectivity index (χ1n) is 8.31. The summed E-state index contributed by atoms with van der Waals surface area (Å²) in [5, 5.41) is 0.959. The highest BCUT2D eigenvalue weighted by Crippen LogP contribution is 2.29. The van der Waals surface area contributed by atoms with E-state index in [0.29, 0.717) is 31.1 Å². The number of carbonyl (C=O) groups excluding carboxylic acids is 1. The second-order valence-electron chi connectivity index (χ2n) is 6.18. The minimum Gasteiger partial charge on any atom is -0.497 e. The van der Waals surface area contributed by atoms with Gasteiger partial charge in [0, 0.05) is 23.6 Å². The van der Waals surface area contributed by atoms with Crippen molar-refractivity contribution < 1.29 is 18.7 Å². The lowest BCUT2D eigenvalue weighted by Crippen LogP contribution is -2.38. The van der Waals surface area contributed by atoms with Crippen molar-refractivity contribution in [1.82, 2.24) is 9.88 Å². The molecular weight excluding hydrogens is 335 g/mol. The first-order valence-corrected chi connectivity index (χ1v) is 8.31. The van der Waals surface area contributed by atoms with E-state index in [-0.39, 0.29) is 5.82 Å². The smallest absolute Gasteiger partial charge is 0.416 e. The van der Waals surface area contributed by atoms with Crippen LogP contribution in [0.2, 0.25) is 0 Å². The Morgan fingerprint density at radius 2 is 2.00 bits per heavy atom. The van der Waals surface area contributed by atoms with Crippen LogP contribution in [0, 0.1) is 5.82 Å². The third-order valence-corrected chi connectivity index (χ3v) is 4.45. The standard InChI is InChI=1S/C20H17FN2O3/c1-25-17-7-4-14-10-15-12-23(9-8-13-2-5-16(21)6-3-13)20(24)26-19(15)22-18(14)11-17/h2-7,10-11H,8-9,12H2,1H3. The van der Waals surface area contributed by atoms with Crippen molar-refractivity contribution in [2.75, 3.05) is 13.7 Å².